The zero-order chi connectivity index (χ0) is 14.5. The van der Waals surface area contributed by atoms with Crippen molar-refractivity contribution in [3.05, 3.63) is 12.4 Å². The molecule has 0 aromatic carbocycles. The Kier molecular flexibility index (Phi) is 2.57. The van der Waals surface area contributed by atoms with Gasteiger partial charge >= 0.3 is 6.09 Å². The van der Waals surface area contributed by atoms with Crippen molar-refractivity contribution < 1.29 is 14.3 Å². The molecule has 1 N–H and O–H groups in total. The highest BCUT2D eigenvalue weighted by molar-refractivity contribution is 5.92. The third kappa shape index (κ3) is 2.03. The lowest BCUT2D eigenvalue weighted by Crippen LogP contribution is -2.66. The van der Waals surface area contributed by atoms with Crippen molar-refractivity contribution in [2.45, 2.75) is 38.3 Å². The highest BCUT2D eigenvalue weighted by Crippen LogP contribution is 2.38. The van der Waals surface area contributed by atoms with Gasteiger partial charge in [-0.25, -0.2) is 9.78 Å². The molecule has 2 aliphatic rings. The van der Waals surface area contributed by atoms with Gasteiger partial charge in [0.25, 0.3) is 0 Å². The Labute approximate surface area is 116 Å². The van der Waals surface area contributed by atoms with Gasteiger partial charge in [0.2, 0.25) is 11.9 Å². The molecule has 0 atom stereocenters. The molecule has 108 valence electrons. The van der Waals surface area contributed by atoms with Crippen LogP contribution in [0.2, 0.25) is 0 Å². The third-order valence-electron chi connectivity index (χ3n) is 3.51. The van der Waals surface area contributed by atoms with Gasteiger partial charge < -0.3 is 14.2 Å². The molecular formula is C13H18N4O3. The summed E-state index contributed by atoms with van der Waals surface area (Å²) in [5, 5.41) is 2.72. The van der Waals surface area contributed by atoms with E-state index in [1.54, 1.807) is 11.1 Å². The van der Waals surface area contributed by atoms with Crippen LogP contribution in [0.15, 0.2) is 12.4 Å². The molecule has 2 aliphatic heterocycles. The van der Waals surface area contributed by atoms with Gasteiger partial charge in [-0.15, -0.1) is 0 Å². The van der Waals surface area contributed by atoms with Gasteiger partial charge in [0.15, 0.2) is 0 Å². The monoisotopic (exact) mass is 278 g/mol. The molecule has 2 amide bonds. The first-order chi connectivity index (χ1) is 9.29. The summed E-state index contributed by atoms with van der Waals surface area (Å²) in [7, 11) is 0. The number of ether oxygens (including phenoxy) is 1. The van der Waals surface area contributed by atoms with Gasteiger partial charge in [0.1, 0.15) is 5.60 Å². The maximum absolute atomic E-state index is 12.0. The van der Waals surface area contributed by atoms with Crippen molar-refractivity contribution >= 4 is 17.9 Å². The minimum Gasteiger partial charge on any atom is -0.444 e. The molecule has 0 saturated carbocycles. The Morgan fingerprint density at radius 1 is 1.45 bits per heavy atom. The normalized spacial score (nSPS) is 20.1. The molecule has 0 unspecified atom stereocenters. The Balaban J connectivity index is 1.74. The van der Waals surface area contributed by atoms with Gasteiger partial charge in [-0.2, -0.15) is 0 Å². The summed E-state index contributed by atoms with van der Waals surface area (Å²) in [6, 6.07) is 0. The first-order valence-electron chi connectivity index (χ1n) is 6.61. The number of rotatable bonds is 0. The number of anilines is 1. The minimum absolute atomic E-state index is 0.0625. The highest BCUT2D eigenvalue weighted by atomic mass is 16.6. The molecule has 0 bridgehead atoms. The number of likely N-dealkylation sites (tertiary alicyclic amines) is 1. The number of fused-ring (bicyclic) bond motifs is 2. The lowest BCUT2D eigenvalue weighted by atomic mass is 9.84. The first kappa shape index (κ1) is 13.0. The van der Waals surface area contributed by atoms with Crippen LogP contribution in [0.25, 0.3) is 0 Å². The second-order valence-electron chi connectivity index (χ2n) is 6.41. The largest absolute Gasteiger partial charge is 0.444 e. The molecule has 7 heteroatoms. The molecule has 1 aromatic rings. The van der Waals surface area contributed by atoms with Gasteiger partial charge in [0.05, 0.1) is 12.0 Å². The highest BCUT2D eigenvalue weighted by Gasteiger charge is 2.51. The van der Waals surface area contributed by atoms with Gasteiger partial charge in [0, 0.05) is 25.5 Å². The molecule has 20 heavy (non-hydrogen) atoms. The Bertz CT molecular complexity index is 566. The maximum Gasteiger partial charge on any atom is 0.410 e. The number of carbonyl (C=O) groups excluding carboxylic acids is 2. The number of imidazole rings is 1. The van der Waals surface area contributed by atoms with Crippen LogP contribution in [0, 0.1) is 0 Å². The van der Waals surface area contributed by atoms with Gasteiger partial charge in [-0.3, -0.25) is 10.1 Å². The Hall–Kier alpha value is -2.05. The summed E-state index contributed by atoms with van der Waals surface area (Å²) in [6.45, 7) is 6.45. The topological polar surface area (TPSA) is 76.5 Å². The predicted octanol–water partition coefficient (Wildman–Crippen LogP) is 1.17. The smallest absolute Gasteiger partial charge is 0.410 e. The van der Waals surface area contributed by atoms with Crippen molar-refractivity contribution in [1.29, 1.82) is 0 Å². The Morgan fingerprint density at radius 2 is 2.15 bits per heavy atom. The zero-order valence-electron chi connectivity index (χ0n) is 11.8. The summed E-state index contributed by atoms with van der Waals surface area (Å²) in [6.07, 6.45) is 3.51. The molecule has 3 rings (SSSR count). The minimum atomic E-state index is -0.510. The van der Waals surface area contributed by atoms with Crippen LogP contribution in [0.4, 0.5) is 10.7 Å². The van der Waals surface area contributed by atoms with Crippen molar-refractivity contribution in [3.63, 3.8) is 0 Å². The van der Waals surface area contributed by atoms with Crippen LogP contribution >= 0.6 is 0 Å². The number of amides is 2. The number of carbonyl (C=O) groups is 2. The summed E-state index contributed by atoms with van der Waals surface area (Å²) in [5.74, 6) is 0.484. The molecule has 1 fully saturated rings. The Morgan fingerprint density at radius 3 is 2.80 bits per heavy atom. The number of nitrogens with one attached hydrogen (secondary N) is 1. The molecule has 0 radical (unpaired) electrons. The fourth-order valence-corrected chi connectivity index (χ4v) is 2.72. The van der Waals surface area contributed by atoms with Gasteiger partial charge in [-0.1, -0.05) is 0 Å². The van der Waals surface area contributed by atoms with E-state index in [1.807, 2.05) is 31.5 Å². The van der Waals surface area contributed by atoms with E-state index < -0.39 is 5.60 Å². The summed E-state index contributed by atoms with van der Waals surface area (Å²) < 4.78 is 7.27. The van der Waals surface area contributed by atoms with E-state index in [0.29, 0.717) is 25.5 Å². The molecule has 1 saturated heterocycles. The third-order valence-corrected chi connectivity index (χ3v) is 3.51. The second kappa shape index (κ2) is 3.97. The van der Waals surface area contributed by atoms with E-state index in [9.17, 15) is 9.59 Å². The molecule has 1 aromatic heterocycles. The summed E-state index contributed by atoms with van der Waals surface area (Å²) in [4.78, 5) is 29.4. The van der Waals surface area contributed by atoms with Crippen LogP contribution in [-0.4, -0.2) is 45.1 Å². The van der Waals surface area contributed by atoms with Crippen LogP contribution in [0.1, 0.15) is 27.2 Å². The molecule has 3 heterocycles. The van der Waals surface area contributed by atoms with Crippen molar-refractivity contribution in [3.8, 4) is 0 Å². The average molecular weight is 278 g/mol. The van der Waals surface area contributed by atoms with Crippen molar-refractivity contribution in [2.75, 3.05) is 18.4 Å². The molecule has 0 aliphatic carbocycles. The molecular weight excluding hydrogens is 260 g/mol. The van der Waals surface area contributed by atoms with Crippen LogP contribution in [-0.2, 0) is 15.1 Å². The standard InChI is InChI=1S/C13H18N4O3/c1-12(2,3)20-11(19)16-7-13(8-16)6-9(18)15-10-14-4-5-17(10)13/h4-5H,6-8H2,1-3H3,(H,14,15,18). The number of nitrogens with zero attached hydrogens (tertiary/aromatic N) is 3. The molecule has 1 spiro atoms. The van der Waals surface area contributed by atoms with E-state index in [0.717, 1.165) is 0 Å². The lowest BCUT2D eigenvalue weighted by molar-refractivity contribution is -0.122. The quantitative estimate of drug-likeness (QED) is 0.773. The fourth-order valence-electron chi connectivity index (χ4n) is 2.72. The second-order valence-corrected chi connectivity index (χ2v) is 6.41. The number of hydrogen-bond acceptors (Lipinski definition) is 4. The predicted molar refractivity (Wildman–Crippen MR) is 71.3 cm³/mol. The summed E-state index contributed by atoms with van der Waals surface area (Å²) >= 11 is 0. The lowest BCUT2D eigenvalue weighted by Gasteiger charge is -2.52. The van der Waals surface area contributed by atoms with Crippen molar-refractivity contribution in [1.82, 2.24) is 14.5 Å². The zero-order valence-corrected chi connectivity index (χ0v) is 11.8. The van der Waals surface area contributed by atoms with E-state index in [4.69, 9.17) is 4.74 Å². The SMILES string of the molecule is CC(C)(C)OC(=O)N1CC2(CC(=O)Nc3nccn32)C1. The van der Waals surface area contributed by atoms with E-state index in [2.05, 4.69) is 10.3 Å². The average Bonchev–Trinajstić information content (AvgIpc) is 2.69. The molecule has 7 nitrogen and oxygen atoms in total. The van der Waals surface area contributed by atoms with Crippen LogP contribution < -0.4 is 5.32 Å². The van der Waals surface area contributed by atoms with Gasteiger partial charge in [-0.05, 0) is 20.8 Å². The van der Waals surface area contributed by atoms with E-state index >= 15 is 0 Å². The number of hydrogen-bond donors (Lipinski definition) is 1. The van der Waals surface area contributed by atoms with Crippen LogP contribution in [0.3, 0.4) is 0 Å². The maximum atomic E-state index is 12.0. The number of aromatic nitrogens is 2. The summed E-state index contributed by atoms with van der Waals surface area (Å²) in [5.41, 5.74) is -0.880. The first-order valence-corrected chi connectivity index (χ1v) is 6.61. The van der Waals surface area contributed by atoms with E-state index in [-0.39, 0.29) is 17.5 Å². The van der Waals surface area contributed by atoms with Crippen LogP contribution in [0.5, 0.6) is 0 Å². The van der Waals surface area contributed by atoms with Crippen molar-refractivity contribution in [2.24, 2.45) is 0 Å². The fraction of sp³-hybridized carbons (Fsp3) is 0.615. The van der Waals surface area contributed by atoms with E-state index in [1.165, 1.54) is 0 Å².